The van der Waals surface area contributed by atoms with Crippen molar-refractivity contribution in [3.8, 4) is 11.5 Å². The first-order valence-corrected chi connectivity index (χ1v) is 6.32. The molecule has 0 saturated heterocycles. The van der Waals surface area contributed by atoms with Crippen molar-refractivity contribution in [1.29, 1.82) is 0 Å². The molecular formula is C15H14F2N2O2. The molecule has 0 atom stereocenters. The zero-order chi connectivity index (χ0) is 15.4. The molecule has 2 aromatic carbocycles. The maximum atomic E-state index is 13.2. The Morgan fingerprint density at radius 2 is 1.95 bits per heavy atom. The number of rotatable bonds is 4. The smallest absolute Gasteiger partial charge is 0.255 e. The lowest BCUT2D eigenvalue weighted by atomic mass is 10.1. The summed E-state index contributed by atoms with van der Waals surface area (Å²) in [7, 11) is 0. The van der Waals surface area contributed by atoms with Crippen molar-refractivity contribution in [2.45, 2.75) is 6.92 Å². The minimum atomic E-state index is -1.03. The summed E-state index contributed by atoms with van der Waals surface area (Å²) in [5, 5.41) is 2.63. The highest BCUT2D eigenvalue weighted by Crippen LogP contribution is 2.28. The molecule has 21 heavy (non-hydrogen) atoms. The summed E-state index contributed by atoms with van der Waals surface area (Å²) < 4.78 is 31.5. The maximum Gasteiger partial charge on any atom is 0.255 e. The van der Waals surface area contributed by atoms with Gasteiger partial charge in [-0.1, -0.05) is 0 Å². The third-order valence-electron chi connectivity index (χ3n) is 2.71. The lowest BCUT2D eigenvalue weighted by Crippen LogP contribution is -2.23. The number of hydrogen-bond donors (Lipinski definition) is 2. The standard InChI is InChI=1S/C15H14F2N2O2/c1-2-19-15(20)11-5-3-9(18)7-14(11)21-10-4-6-12(16)13(17)8-10/h3-8H,2,18H2,1H3,(H,19,20). The van der Waals surface area contributed by atoms with Gasteiger partial charge in [-0.15, -0.1) is 0 Å². The molecule has 0 spiro atoms. The molecular weight excluding hydrogens is 278 g/mol. The molecule has 0 radical (unpaired) electrons. The SMILES string of the molecule is CCNC(=O)c1ccc(N)cc1Oc1ccc(F)c(F)c1. The molecule has 1 amide bonds. The van der Waals surface area contributed by atoms with E-state index >= 15 is 0 Å². The van der Waals surface area contributed by atoms with Gasteiger partial charge in [-0.05, 0) is 31.2 Å². The van der Waals surface area contributed by atoms with Crippen molar-refractivity contribution < 1.29 is 18.3 Å². The molecule has 0 unspecified atom stereocenters. The number of carbonyl (C=O) groups excluding carboxylic acids is 1. The van der Waals surface area contributed by atoms with Crippen LogP contribution in [0.1, 0.15) is 17.3 Å². The number of amides is 1. The summed E-state index contributed by atoms with van der Waals surface area (Å²) >= 11 is 0. The highest BCUT2D eigenvalue weighted by atomic mass is 19.2. The van der Waals surface area contributed by atoms with E-state index in [4.69, 9.17) is 10.5 Å². The van der Waals surface area contributed by atoms with Crippen LogP contribution in [-0.4, -0.2) is 12.5 Å². The molecule has 6 heteroatoms. The lowest BCUT2D eigenvalue weighted by molar-refractivity contribution is 0.0953. The first-order chi connectivity index (χ1) is 10.0. The molecule has 2 rings (SSSR count). The van der Waals surface area contributed by atoms with E-state index in [2.05, 4.69) is 5.32 Å². The van der Waals surface area contributed by atoms with Gasteiger partial charge in [0.05, 0.1) is 5.56 Å². The number of halogens is 2. The second-order valence-corrected chi connectivity index (χ2v) is 4.29. The Kier molecular flexibility index (Phi) is 4.37. The molecule has 0 heterocycles. The lowest BCUT2D eigenvalue weighted by Gasteiger charge is -2.12. The Labute approximate surface area is 120 Å². The van der Waals surface area contributed by atoms with Crippen LogP contribution >= 0.6 is 0 Å². The fraction of sp³-hybridized carbons (Fsp3) is 0.133. The minimum Gasteiger partial charge on any atom is -0.456 e. The number of benzene rings is 2. The zero-order valence-electron chi connectivity index (χ0n) is 11.3. The van der Waals surface area contributed by atoms with Crippen LogP contribution in [0.5, 0.6) is 11.5 Å². The largest absolute Gasteiger partial charge is 0.456 e. The molecule has 110 valence electrons. The van der Waals surface area contributed by atoms with Crippen molar-refractivity contribution >= 4 is 11.6 Å². The van der Waals surface area contributed by atoms with Gasteiger partial charge in [-0.25, -0.2) is 8.78 Å². The molecule has 0 fully saturated rings. The molecule has 0 saturated carbocycles. The van der Waals surface area contributed by atoms with E-state index in [0.717, 1.165) is 12.1 Å². The van der Waals surface area contributed by atoms with Crippen LogP contribution in [0.25, 0.3) is 0 Å². The molecule has 0 aliphatic rings. The third-order valence-corrected chi connectivity index (χ3v) is 2.71. The van der Waals surface area contributed by atoms with Crippen molar-refractivity contribution in [1.82, 2.24) is 5.32 Å². The van der Waals surface area contributed by atoms with Gasteiger partial charge in [0.2, 0.25) is 0 Å². The van der Waals surface area contributed by atoms with Crippen LogP contribution in [0.2, 0.25) is 0 Å². The number of carbonyl (C=O) groups is 1. The van der Waals surface area contributed by atoms with E-state index < -0.39 is 11.6 Å². The molecule has 0 aromatic heterocycles. The van der Waals surface area contributed by atoms with Gasteiger partial charge in [0.15, 0.2) is 11.6 Å². The number of hydrogen-bond acceptors (Lipinski definition) is 3. The molecule has 3 N–H and O–H groups in total. The Hall–Kier alpha value is -2.63. The number of anilines is 1. The van der Waals surface area contributed by atoms with Crippen LogP contribution < -0.4 is 15.8 Å². The summed E-state index contributed by atoms with van der Waals surface area (Å²) in [5.41, 5.74) is 6.31. The van der Waals surface area contributed by atoms with Crippen molar-refractivity contribution in [3.05, 3.63) is 53.6 Å². The Bertz CT molecular complexity index is 675. The minimum absolute atomic E-state index is 0.0741. The normalized spacial score (nSPS) is 10.2. The topological polar surface area (TPSA) is 64.4 Å². The van der Waals surface area contributed by atoms with Gasteiger partial charge in [0.25, 0.3) is 5.91 Å². The van der Waals surface area contributed by atoms with E-state index in [9.17, 15) is 13.6 Å². The zero-order valence-corrected chi connectivity index (χ0v) is 11.3. The Morgan fingerprint density at radius 1 is 1.19 bits per heavy atom. The summed E-state index contributed by atoms with van der Waals surface area (Å²) in [5.74, 6) is -2.10. The Morgan fingerprint density at radius 3 is 2.62 bits per heavy atom. The molecule has 4 nitrogen and oxygen atoms in total. The molecule has 2 aromatic rings. The molecule has 0 aliphatic heterocycles. The fourth-order valence-electron chi connectivity index (χ4n) is 1.73. The summed E-state index contributed by atoms with van der Waals surface area (Å²) in [4.78, 5) is 11.9. The number of nitrogens with two attached hydrogens (primary N) is 1. The van der Waals surface area contributed by atoms with Gasteiger partial charge in [-0.2, -0.15) is 0 Å². The first kappa shape index (κ1) is 14.8. The van der Waals surface area contributed by atoms with Crippen molar-refractivity contribution in [3.63, 3.8) is 0 Å². The van der Waals surface area contributed by atoms with Crippen molar-refractivity contribution in [2.24, 2.45) is 0 Å². The van der Waals surface area contributed by atoms with Gasteiger partial charge in [0, 0.05) is 24.4 Å². The maximum absolute atomic E-state index is 13.2. The second-order valence-electron chi connectivity index (χ2n) is 4.29. The van der Waals surface area contributed by atoms with Crippen molar-refractivity contribution in [2.75, 3.05) is 12.3 Å². The van der Waals surface area contributed by atoms with Crippen LogP contribution in [0, 0.1) is 11.6 Å². The van der Waals surface area contributed by atoms with Gasteiger partial charge in [-0.3, -0.25) is 4.79 Å². The van der Waals surface area contributed by atoms with Crippen LogP contribution in [0.15, 0.2) is 36.4 Å². The fourth-order valence-corrected chi connectivity index (χ4v) is 1.73. The predicted octanol–water partition coefficient (Wildman–Crippen LogP) is 3.09. The quantitative estimate of drug-likeness (QED) is 0.851. The third kappa shape index (κ3) is 3.47. The average Bonchev–Trinajstić information content (AvgIpc) is 2.43. The highest BCUT2D eigenvalue weighted by molar-refractivity contribution is 5.97. The van der Waals surface area contributed by atoms with E-state index in [1.807, 2.05) is 0 Å². The molecule has 0 aliphatic carbocycles. The Balaban J connectivity index is 2.35. The van der Waals surface area contributed by atoms with Gasteiger partial charge >= 0.3 is 0 Å². The first-order valence-electron chi connectivity index (χ1n) is 6.32. The number of nitrogen functional groups attached to an aromatic ring is 1. The van der Waals surface area contributed by atoms with E-state index in [0.29, 0.717) is 12.2 Å². The van der Waals surface area contributed by atoms with Gasteiger partial charge in [0.1, 0.15) is 11.5 Å². The van der Waals surface area contributed by atoms with Crippen LogP contribution in [0.3, 0.4) is 0 Å². The number of ether oxygens (including phenoxy) is 1. The summed E-state index contributed by atoms with van der Waals surface area (Å²) in [6.45, 7) is 2.24. The van der Waals surface area contributed by atoms with E-state index in [1.54, 1.807) is 13.0 Å². The predicted molar refractivity (Wildman–Crippen MR) is 75.3 cm³/mol. The van der Waals surface area contributed by atoms with E-state index in [1.165, 1.54) is 18.2 Å². The summed E-state index contributed by atoms with van der Waals surface area (Å²) in [6.07, 6.45) is 0. The molecule has 0 bridgehead atoms. The van der Waals surface area contributed by atoms with E-state index in [-0.39, 0.29) is 23.0 Å². The van der Waals surface area contributed by atoms with Crippen LogP contribution in [-0.2, 0) is 0 Å². The average molecular weight is 292 g/mol. The van der Waals surface area contributed by atoms with Gasteiger partial charge < -0.3 is 15.8 Å². The second kappa shape index (κ2) is 6.21. The number of nitrogens with one attached hydrogen (secondary N) is 1. The highest BCUT2D eigenvalue weighted by Gasteiger charge is 2.14. The monoisotopic (exact) mass is 292 g/mol. The summed E-state index contributed by atoms with van der Waals surface area (Å²) in [6, 6.07) is 7.63. The van der Waals surface area contributed by atoms with Crippen LogP contribution in [0.4, 0.5) is 14.5 Å².